The molecule has 2 aromatic heterocycles. The molecule has 3 saturated heterocycles. The van der Waals surface area contributed by atoms with Crippen molar-refractivity contribution in [1.29, 1.82) is 5.26 Å². The third kappa shape index (κ3) is 5.59. The molecule has 3 aliphatic heterocycles. The summed E-state index contributed by atoms with van der Waals surface area (Å²) in [5, 5.41) is 15.6. The topological polar surface area (TPSA) is 109 Å². The molecule has 2 aromatic carbocycles. The second-order valence-electron chi connectivity index (χ2n) is 13.0. The number of hydrogen-bond donors (Lipinski definition) is 0. The van der Waals surface area contributed by atoms with Gasteiger partial charge in [0.1, 0.15) is 0 Å². The van der Waals surface area contributed by atoms with Gasteiger partial charge in [-0.2, -0.15) is 0 Å². The van der Waals surface area contributed by atoms with E-state index < -0.39 is 11.4 Å². The molecule has 0 saturated carbocycles. The molecule has 1 amide bonds. The van der Waals surface area contributed by atoms with E-state index in [4.69, 9.17) is 14.6 Å². The van der Waals surface area contributed by atoms with Crippen LogP contribution in [0, 0.1) is 22.6 Å². The van der Waals surface area contributed by atoms with Crippen LogP contribution in [0.4, 0.5) is 4.39 Å². The Bertz CT molecular complexity index is 1870. The predicted molar refractivity (Wildman–Crippen MR) is 173 cm³/mol. The molecule has 4 aromatic rings. The van der Waals surface area contributed by atoms with Gasteiger partial charge in [0.15, 0.2) is 0 Å². The molecule has 3 aliphatic rings. The minimum Gasteiger partial charge on any atom is -0.380 e. The van der Waals surface area contributed by atoms with Gasteiger partial charge in [0.2, 0.25) is 0 Å². The smallest absolute Gasteiger partial charge is 0.380 e. The number of para-hydroxylation sites is 1. The summed E-state index contributed by atoms with van der Waals surface area (Å²) in [5.74, 6) is 0.246. The first-order chi connectivity index (χ1) is 22.2. The third-order valence-electron chi connectivity index (χ3n) is 9.29. The Kier molecular flexibility index (Phi) is 7.92. The van der Waals surface area contributed by atoms with Crippen LogP contribution in [-0.2, 0) is 16.1 Å². The number of rotatable bonds is 8. The van der Waals surface area contributed by atoms with Gasteiger partial charge in [-0.25, -0.2) is 0 Å². The second kappa shape index (κ2) is 11.9. The Labute approximate surface area is 275 Å². The van der Waals surface area contributed by atoms with E-state index in [-0.39, 0.29) is 22.9 Å². The summed E-state index contributed by atoms with van der Waals surface area (Å²) < 4.78 is 29.4. The minimum atomic E-state index is -0.474. The number of aromatic nitrogens is 4. The SMILES string of the molecule is CC(C)(/C=C(/C#N)C(=O)N1CCC[C@H]1Cn1nc(-c2ccc(Oc3ccccc3)cc2F)c2c([AsH2])ncnc21)N1CC2(COC2)C1. The zero-order chi connectivity index (χ0) is 32.1. The van der Waals surface area contributed by atoms with Crippen molar-refractivity contribution in [3.63, 3.8) is 0 Å². The minimum absolute atomic E-state index is 0.148. The maximum atomic E-state index is 15.6. The Morgan fingerprint density at radius 1 is 1.20 bits per heavy atom. The average molecular weight is 684 g/mol. The summed E-state index contributed by atoms with van der Waals surface area (Å²) >= 11 is 1.29. The standard InChI is InChI=1S/C34H35AsFN7O3/c1-33(2,41-17-34(18-41)19-45-20-34)14-22(15-37)32(44)42-12-6-7-23(42)16-43-31-28(30(35)38-21-39-31)29(40-43)26-11-10-25(13-27(26)36)46-24-8-4-3-5-9-24/h3-5,8-11,13-14,21,23H,6-7,12,16-20,35H2,1-2H3/b22-14-/t23-/m0/s1. The van der Waals surface area contributed by atoms with Crippen molar-refractivity contribution in [3.8, 4) is 28.8 Å². The molecule has 12 heteroatoms. The number of carbonyl (C=O) groups excluding carboxylic acids is 1. The molecule has 5 heterocycles. The van der Waals surface area contributed by atoms with Crippen LogP contribution < -0.4 is 9.22 Å². The van der Waals surface area contributed by atoms with E-state index in [1.54, 1.807) is 21.7 Å². The Morgan fingerprint density at radius 3 is 2.67 bits per heavy atom. The molecule has 0 N–H and O–H groups in total. The van der Waals surface area contributed by atoms with Crippen LogP contribution in [-0.4, -0.2) is 96.7 Å². The average Bonchev–Trinajstić information content (AvgIpc) is 3.60. The summed E-state index contributed by atoms with van der Waals surface area (Å²) in [6, 6.07) is 15.9. The molecule has 2 atom stereocenters. The van der Waals surface area contributed by atoms with Crippen LogP contribution in [0.5, 0.6) is 11.5 Å². The number of likely N-dealkylation sites (tertiary alicyclic amines) is 2. The third-order valence-corrected chi connectivity index (χ3v) is 10.2. The van der Waals surface area contributed by atoms with Crippen molar-refractivity contribution in [2.75, 3.05) is 32.8 Å². The first-order valence-electron chi connectivity index (χ1n) is 15.4. The summed E-state index contributed by atoms with van der Waals surface area (Å²) in [5.41, 5.74) is 1.28. The number of nitriles is 1. The molecular formula is C34H35AsFN7O3. The van der Waals surface area contributed by atoms with Crippen LogP contribution in [0.2, 0.25) is 0 Å². The molecule has 10 nitrogen and oxygen atoms in total. The first kappa shape index (κ1) is 30.5. The van der Waals surface area contributed by atoms with Gasteiger partial charge in [-0.3, -0.25) is 0 Å². The fourth-order valence-electron chi connectivity index (χ4n) is 6.70. The second-order valence-corrected chi connectivity index (χ2v) is 14.2. The van der Waals surface area contributed by atoms with Crippen LogP contribution in [0.15, 0.2) is 66.5 Å². The number of amides is 1. The summed E-state index contributed by atoms with van der Waals surface area (Å²) in [6.07, 6.45) is 4.87. The van der Waals surface area contributed by atoms with Gasteiger partial charge in [0.05, 0.1) is 13.2 Å². The molecule has 3 fully saturated rings. The monoisotopic (exact) mass is 683 g/mol. The maximum absolute atomic E-state index is 15.6. The van der Waals surface area contributed by atoms with Gasteiger partial charge in [-0.15, -0.1) is 0 Å². The van der Waals surface area contributed by atoms with Crippen LogP contribution in [0.25, 0.3) is 22.3 Å². The number of hydrogen-bond acceptors (Lipinski definition) is 8. The van der Waals surface area contributed by atoms with Crippen molar-refractivity contribution in [1.82, 2.24) is 29.5 Å². The predicted octanol–water partition coefficient (Wildman–Crippen LogP) is 3.23. The van der Waals surface area contributed by atoms with E-state index in [0.29, 0.717) is 46.9 Å². The molecule has 46 heavy (non-hydrogen) atoms. The van der Waals surface area contributed by atoms with Crippen molar-refractivity contribution in [2.45, 2.75) is 44.8 Å². The van der Waals surface area contributed by atoms with E-state index in [2.05, 4.69) is 20.9 Å². The fourth-order valence-corrected chi connectivity index (χ4v) is 7.40. The van der Waals surface area contributed by atoms with Crippen molar-refractivity contribution >= 4 is 38.3 Å². The molecule has 0 aliphatic carbocycles. The van der Waals surface area contributed by atoms with Gasteiger partial charge in [-0.05, 0) is 0 Å². The number of carbonyl (C=O) groups is 1. The molecule has 1 unspecified atom stereocenters. The Morgan fingerprint density at radius 2 is 1.98 bits per heavy atom. The number of fused-ring (bicyclic) bond motifs is 1. The first-order valence-corrected chi connectivity index (χ1v) is 16.6. The van der Waals surface area contributed by atoms with E-state index in [1.807, 2.05) is 50.3 Å². The summed E-state index contributed by atoms with van der Waals surface area (Å²) in [4.78, 5) is 26.8. The van der Waals surface area contributed by atoms with Crippen molar-refractivity contribution in [3.05, 3.63) is 72.3 Å². The Balaban J connectivity index is 1.14. The molecular weight excluding hydrogens is 648 g/mol. The zero-order valence-electron chi connectivity index (χ0n) is 25.8. The van der Waals surface area contributed by atoms with Crippen LogP contribution in [0.1, 0.15) is 26.7 Å². The quantitative estimate of drug-likeness (QED) is 0.158. The zero-order valence-corrected chi connectivity index (χ0v) is 28.2. The van der Waals surface area contributed by atoms with Crippen molar-refractivity contribution in [2.24, 2.45) is 5.41 Å². The van der Waals surface area contributed by atoms with Crippen LogP contribution in [0.3, 0.4) is 0 Å². The number of halogens is 1. The number of nitrogens with zero attached hydrogens (tertiary/aromatic N) is 7. The van der Waals surface area contributed by atoms with E-state index in [1.165, 1.54) is 29.2 Å². The summed E-state index contributed by atoms with van der Waals surface area (Å²) in [6.45, 7) is 8.36. The molecule has 1 spiro atoms. The fraction of sp³-hybridized carbons (Fsp3) is 0.382. The van der Waals surface area contributed by atoms with Gasteiger partial charge >= 0.3 is 240 Å². The van der Waals surface area contributed by atoms with Gasteiger partial charge in [-0.1, -0.05) is 0 Å². The van der Waals surface area contributed by atoms with Gasteiger partial charge in [0, 0.05) is 18.5 Å². The normalized spacial score (nSPS) is 19.6. The molecule has 7 rings (SSSR count). The van der Waals surface area contributed by atoms with E-state index in [0.717, 1.165) is 43.6 Å². The molecule has 236 valence electrons. The van der Waals surface area contributed by atoms with Crippen LogP contribution >= 0.6 is 0 Å². The molecule has 0 radical (unpaired) electrons. The van der Waals surface area contributed by atoms with Gasteiger partial charge < -0.3 is 4.74 Å². The van der Waals surface area contributed by atoms with Gasteiger partial charge in [0.25, 0.3) is 0 Å². The Hall–Kier alpha value is -4.10. The van der Waals surface area contributed by atoms with Crippen molar-refractivity contribution < 1.29 is 18.7 Å². The van der Waals surface area contributed by atoms with E-state index >= 15 is 4.39 Å². The summed E-state index contributed by atoms with van der Waals surface area (Å²) in [7, 11) is 0. The number of ether oxygens (including phenoxy) is 2. The van der Waals surface area contributed by atoms with E-state index in [9.17, 15) is 10.1 Å². The molecule has 0 bridgehead atoms. The number of benzene rings is 2.